The van der Waals surface area contributed by atoms with Crippen LogP contribution in [0.3, 0.4) is 0 Å². The Morgan fingerprint density at radius 3 is 1.19 bits per heavy atom. The first kappa shape index (κ1) is 23.1. The van der Waals surface area contributed by atoms with Crippen LogP contribution in [0.25, 0.3) is 0 Å². The molecule has 1 aliphatic rings. The van der Waals surface area contributed by atoms with Crippen LogP contribution in [0.1, 0.15) is 32.1 Å². The fraction of sp³-hybridized carbons (Fsp3) is 1.00. The van der Waals surface area contributed by atoms with Crippen molar-refractivity contribution < 1.29 is 62.2 Å². The van der Waals surface area contributed by atoms with Crippen LogP contribution in [-0.4, -0.2) is 46.5 Å². The van der Waals surface area contributed by atoms with Gasteiger partial charge in [0.2, 0.25) is 0 Å². The minimum absolute atomic E-state index is 0.0860. The molecule has 26 heavy (non-hydrogen) atoms. The summed E-state index contributed by atoms with van der Waals surface area (Å²) in [6.45, 7) is 0. The van der Waals surface area contributed by atoms with E-state index >= 15 is 0 Å². The predicted molar refractivity (Wildman–Crippen MR) is 58.8 cm³/mol. The highest BCUT2D eigenvalue weighted by Crippen LogP contribution is 2.62. The lowest BCUT2D eigenvalue weighted by Gasteiger charge is -2.46. The molecule has 1 saturated carbocycles. The molecule has 0 aliphatic heterocycles. The zero-order valence-electron chi connectivity index (χ0n) is 12.4. The summed E-state index contributed by atoms with van der Waals surface area (Å²) in [5, 5.41) is 9.51. The minimum Gasteiger partial charge on any atom is -0.383 e. The van der Waals surface area contributed by atoms with E-state index in [4.69, 9.17) is 0 Å². The highest BCUT2D eigenvalue weighted by molar-refractivity contribution is 5.14. The molecule has 1 rings (SSSR count). The standard InChI is InChI=1S/C12H11F13O/c13-7(14,6(26)4-2-1-3-5-6)8(15,16)9(17,18)10(19,20)11(21,22)12(23,24)25/h26H,1-5H2. The predicted octanol–water partition coefficient (Wildman–Crippen LogP) is 5.42. The van der Waals surface area contributed by atoms with Crippen molar-refractivity contribution in [1.82, 2.24) is 0 Å². The number of rotatable bonds is 5. The molecule has 1 fully saturated rings. The van der Waals surface area contributed by atoms with E-state index < -0.39 is 67.1 Å². The van der Waals surface area contributed by atoms with Crippen molar-refractivity contribution in [2.24, 2.45) is 0 Å². The molecule has 0 amide bonds. The Hall–Kier alpha value is -0.950. The molecule has 0 aromatic carbocycles. The molecule has 0 aromatic rings. The van der Waals surface area contributed by atoms with Gasteiger partial charge in [-0.2, -0.15) is 57.1 Å². The van der Waals surface area contributed by atoms with Crippen molar-refractivity contribution in [2.75, 3.05) is 0 Å². The van der Waals surface area contributed by atoms with Crippen LogP contribution >= 0.6 is 0 Å². The molecule has 1 aliphatic carbocycles. The lowest BCUT2D eigenvalue weighted by molar-refractivity contribution is -0.450. The third-order valence-corrected chi connectivity index (χ3v) is 4.20. The second-order valence-electron chi connectivity index (χ2n) is 5.96. The van der Waals surface area contributed by atoms with Gasteiger partial charge in [0, 0.05) is 0 Å². The summed E-state index contributed by atoms with van der Waals surface area (Å²) in [7, 11) is 0. The van der Waals surface area contributed by atoms with Gasteiger partial charge in [0.05, 0.1) is 0 Å². The topological polar surface area (TPSA) is 20.2 Å². The van der Waals surface area contributed by atoms with Crippen LogP contribution < -0.4 is 0 Å². The first-order valence-corrected chi connectivity index (χ1v) is 6.89. The van der Waals surface area contributed by atoms with Crippen LogP contribution in [0.4, 0.5) is 57.1 Å². The van der Waals surface area contributed by atoms with E-state index in [1.54, 1.807) is 0 Å². The normalized spacial score (nSPS) is 21.0. The summed E-state index contributed by atoms with van der Waals surface area (Å²) in [6.07, 6.45) is -10.7. The molecular formula is C12H11F13O. The molecule has 0 saturated heterocycles. The monoisotopic (exact) mass is 418 g/mol. The fourth-order valence-corrected chi connectivity index (χ4v) is 2.51. The van der Waals surface area contributed by atoms with Crippen molar-refractivity contribution in [3.8, 4) is 0 Å². The van der Waals surface area contributed by atoms with Crippen molar-refractivity contribution in [2.45, 2.75) is 73.5 Å². The Kier molecular flexibility index (Phi) is 5.35. The smallest absolute Gasteiger partial charge is 0.383 e. The maximum atomic E-state index is 13.8. The van der Waals surface area contributed by atoms with Crippen LogP contribution in [0.2, 0.25) is 0 Å². The molecule has 0 bridgehead atoms. The highest BCUT2D eigenvalue weighted by atomic mass is 19.4. The van der Waals surface area contributed by atoms with Crippen LogP contribution in [-0.2, 0) is 0 Å². The molecule has 14 heteroatoms. The summed E-state index contributed by atoms with van der Waals surface area (Å²) >= 11 is 0. The van der Waals surface area contributed by atoms with E-state index in [1.807, 2.05) is 0 Å². The number of halogens is 13. The number of hydrogen-bond acceptors (Lipinski definition) is 1. The molecule has 0 unspecified atom stereocenters. The van der Waals surface area contributed by atoms with E-state index in [2.05, 4.69) is 0 Å². The van der Waals surface area contributed by atoms with Crippen molar-refractivity contribution in [1.29, 1.82) is 0 Å². The van der Waals surface area contributed by atoms with E-state index in [-0.39, 0.29) is 6.42 Å². The summed E-state index contributed by atoms with van der Waals surface area (Å²) < 4.78 is 169. The van der Waals surface area contributed by atoms with Gasteiger partial charge < -0.3 is 5.11 Å². The number of hydrogen-bond donors (Lipinski definition) is 1. The zero-order valence-corrected chi connectivity index (χ0v) is 12.4. The molecule has 0 atom stereocenters. The van der Waals surface area contributed by atoms with Gasteiger partial charge in [-0.3, -0.25) is 0 Å². The Morgan fingerprint density at radius 2 is 0.846 bits per heavy atom. The number of aliphatic hydroxyl groups is 1. The van der Waals surface area contributed by atoms with Crippen molar-refractivity contribution in [3.63, 3.8) is 0 Å². The van der Waals surface area contributed by atoms with Gasteiger partial charge in [-0.25, -0.2) is 0 Å². The molecule has 1 nitrogen and oxygen atoms in total. The molecule has 1 N–H and O–H groups in total. The average Bonchev–Trinajstić information content (AvgIpc) is 2.45. The first-order valence-electron chi connectivity index (χ1n) is 6.89. The fourth-order valence-electron chi connectivity index (χ4n) is 2.51. The van der Waals surface area contributed by atoms with E-state index in [0.717, 1.165) is 0 Å². The quantitative estimate of drug-likeness (QED) is 0.592. The van der Waals surface area contributed by atoms with Gasteiger partial charge in [-0.05, 0) is 12.8 Å². The summed E-state index contributed by atoms with van der Waals surface area (Å²) in [6, 6.07) is 0. The van der Waals surface area contributed by atoms with Gasteiger partial charge in [-0.15, -0.1) is 0 Å². The largest absolute Gasteiger partial charge is 0.460 e. The van der Waals surface area contributed by atoms with E-state index in [1.165, 1.54) is 0 Å². The summed E-state index contributed by atoms with van der Waals surface area (Å²) in [4.78, 5) is 0. The van der Waals surface area contributed by atoms with Crippen LogP contribution in [0.5, 0.6) is 0 Å². The van der Waals surface area contributed by atoms with Crippen LogP contribution in [0, 0.1) is 0 Å². The van der Waals surface area contributed by atoms with Crippen LogP contribution in [0.15, 0.2) is 0 Å². The van der Waals surface area contributed by atoms with Crippen molar-refractivity contribution >= 4 is 0 Å². The average molecular weight is 418 g/mol. The molecule has 0 aromatic heterocycles. The number of alkyl halides is 13. The summed E-state index contributed by atoms with van der Waals surface area (Å²) in [5.74, 6) is -37.4. The molecular weight excluding hydrogens is 407 g/mol. The maximum absolute atomic E-state index is 13.8. The van der Waals surface area contributed by atoms with E-state index in [9.17, 15) is 62.2 Å². The van der Waals surface area contributed by atoms with E-state index in [0.29, 0.717) is 0 Å². The Bertz CT molecular complexity index is 516. The Morgan fingerprint density at radius 1 is 0.500 bits per heavy atom. The highest BCUT2D eigenvalue weighted by Gasteiger charge is 2.92. The summed E-state index contributed by atoms with van der Waals surface area (Å²) in [5.41, 5.74) is -3.98. The van der Waals surface area contributed by atoms with Crippen molar-refractivity contribution in [3.05, 3.63) is 0 Å². The Labute approximate surface area is 137 Å². The third kappa shape index (κ3) is 2.82. The third-order valence-electron chi connectivity index (χ3n) is 4.20. The maximum Gasteiger partial charge on any atom is 0.460 e. The van der Waals surface area contributed by atoms with Gasteiger partial charge in [0.25, 0.3) is 0 Å². The lowest BCUT2D eigenvalue weighted by Crippen LogP contribution is -2.73. The second kappa shape index (κ2) is 6.03. The molecule has 0 spiro atoms. The SMILES string of the molecule is OC1(C(F)(F)C(F)(F)C(F)(F)C(F)(F)C(F)(F)C(F)(F)F)CCCCC1. The molecule has 0 heterocycles. The van der Waals surface area contributed by atoms with Gasteiger partial charge in [0.15, 0.2) is 0 Å². The lowest BCUT2D eigenvalue weighted by atomic mass is 9.75. The van der Waals surface area contributed by atoms with Gasteiger partial charge in [0.1, 0.15) is 5.60 Å². The zero-order chi connectivity index (χ0) is 21.0. The van der Waals surface area contributed by atoms with Gasteiger partial charge >= 0.3 is 35.8 Å². The molecule has 0 radical (unpaired) electrons. The molecule has 156 valence electrons. The minimum atomic E-state index is -7.93. The second-order valence-corrected chi connectivity index (χ2v) is 5.96. The first-order chi connectivity index (χ1) is 11.2. The van der Waals surface area contributed by atoms with Gasteiger partial charge in [-0.1, -0.05) is 19.3 Å². The Balaban J connectivity index is 3.48.